The van der Waals surface area contributed by atoms with Gasteiger partial charge in [-0.2, -0.15) is 8.78 Å². The Morgan fingerprint density at radius 3 is 2.29 bits per heavy atom. The summed E-state index contributed by atoms with van der Waals surface area (Å²) in [5.74, 6) is 0.461. The number of benzene rings is 1. The van der Waals surface area contributed by atoms with Gasteiger partial charge in [-0.3, -0.25) is 0 Å². The number of rotatable bonds is 6. The van der Waals surface area contributed by atoms with E-state index in [4.69, 9.17) is 0 Å². The van der Waals surface area contributed by atoms with Gasteiger partial charge in [-0.05, 0) is 30.5 Å². The Kier molecular flexibility index (Phi) is 6.39. The van der Waals surface area contributed by atoms with E-state index in [0.717, 1.165) is 5.56 Å². The van der Waals surface area contributed by atoms with E-state index in [1.165, 1.54) is 12.1 Å². The number of nitrogens with zero attached hydrogens (tertiary/aromatic N) is 1. The summed E-state index contributed by atoms with van der Waals surface area (Å²) in [6.45, 7) is 3.58. The summed E-state index contributed by atoms with van der Waals surface area (Å²) in [7, 11) is 1.69. The van der Waals surface area contributed by atoms with Crippen molar-refractivity contribution >= 4 is 6.03 Å². The molecule has 2 amide bonds. The highest BCUT2D eigenvalue weighted by atomic mass is 19.3. The molecule has 1 atom stereocenters. The van der Waals surface area contributed by atoms with Crippen LogP contribution in [0, 0.1) is 5.92 Å². The van der Waals surface area contributed by atoms with Crippen molar-refractivity contribution in [1.29, 1.82) is 0 Å². The first-order valence-corrected chi connectivity index (χ1v) is 6.85. The fourth-order valence-corrected chi connectivity index (χ4v) is 1.59. The lowest BCUT2D eigenvalue weighted by molar-refractivity contribution is -0.0498. The van der Waals surface area contributed by atoms with Gasteiger partial charge >= 0.3 is 12.6 Å². The minimum Gasteiger partial charge on any atom is -0.435 e. The number of halogens is 2. The second kappa shape index (κ2) is 7.81. The minimum absolute atomic E-state index is 0.0850. The lowest BCUT2D eigenvalue weighted by Gasteiger charge is -2.23. The number of urea groups is 1. The van der Waals surface area contributed by atoms with Crippen LogP contribution in [0.2, 0.25) is 0 Å². The standard InChI is InChI=1S/C15H22F2N2O2/c1-10(2)11(3)18-15(20)19(4)9-12-5-7-13(8-6-12)21-14(16)17/h5-8,10-11,14H,9H2,1-4H3,(H,18,20). The maximum absolute atomic E-state index is 12.0. The molecule has 1 rings (SSSR count). The van der Waals surface area contributed by atoms with E-state index >= 15 is 0 Å². The number of hydrogen-bond donors (Lipinski definition) is 1. The molecule has 4 nitrogen and oxygen atoms in total. The first-order valence-electron chi connectivity index (χ1n) is 6.85. The van der Waals surface area contributed by atoms with Crippen molar-refractivity contribution in [3.63, 3.8) is 0 Å². The highest BCUT2D eigenvalue weighted by molar-refractivity contribution is 5.74. The second-order valence-corrected chi connectivity index (χ2v) is 5.36. The number of carbonyl (C=O) groups excluding carboxylic acids is 1. The Morgan fingerprint density at radius 2 is 1.81 bits per heavy atom. The van der Waals surface area contributed by atoms with Gasteiger partial charge in [0.15, 0.2) is 0 Å². The van der Waals surface area contributed by atoms with E-state index in [1.54, 1.807) is 24.1 Å². The third kappa shape index (κ3) is 5.97. The molecule has 1 aromatic rings. The number of carbonyl (C=O) groups is 1. The maximum Gasteiger partial charge on any atom is 0.387 e. The molecule has 0 fully saturated rings. The molecule has 0 aliphatic heterocycles. The van der Waals surface area contributed by atoms with Crippen molar-refractivity contribution in [3.8, 4) is 5.75 Å². The van der Waals surface area contributed by atoms with Crippen LogP contribution in [-0.2, 0) is 6.54 Å². The number of alkyl halides is 2. The van der Waals surface area contributed by atoms with Crippen LogP contribution in [0.3, 0.4) is 0 Å². The van der Waals surface area contributed by atoms with Gasteiger partial charge in [0.05, 0.1) is 0 Å². The van der Waals surface area contributed by atoms with Crippen molar-refractivity contribution in [3.05, 3.63) is 29.8 Å². The Morgan fingerprint density at radius 1 is 1.24 bits per heavy atom. The highest BCUT2D eigenvalue weighted by Gasteiger charge is 2.14. The zero-order valence-corrected chi connectivity index (χ0v) is 12.8. The molecule has 0 heterocycles. The number of hydrogen-bond acceptors (Lipinski definition) is 2. The van der Waals surface area contributed by atoms with E-state index in [9.17, 15) is 13.6 Å². The van der Waals surface area contributed by atoms with Crippen LogP contribution < -0.4 is 10.1 Å². The topological polar surface area (TPSA) is 41.6 Å². The average molecular weight is 300 g/mol. The van der Waals surface area contributed by atoms with Crippen LogP contribution in [0.1, 0.15) is 26.3 Å². The largest absolute Gasteiger partial charge is 0.435 e. The second-order valence-electron chi connectivity index (χ2n) is 5.36. The van der Waals surface area contributed by atoms with Gasteiger partial charge in [0.2, 0.25) is 0 Å². The zero-order chi connectivity index (χ0) is 16.0. The Hall–Kier alpha value is -1.85. The van der Waals surface area contributed by atoms with Crippen LogP contribution >= 0.6 is 0 Å². The van der Waals surface area contributed by atoms with Gasteiger partial charge in [-0.25, -0.2) is 4.79 Å². The first-order chi connectivity index (χ1) is 9.79. The lowest BCUT2D eigenvalue weighted by atomic mass is 10.1. The number of nitrogens with one attached hydrogen (secondary N) is 1. The summed E-state index contributed by atoms with van der Waals surface area (Å²) >= 11 is 0. The normalized spacial score (nSPS) is 12.4. The van der Waals surface area contributed by atoms with Crippen molar-refractivity contribution in [2.24, 2.45) is 5.92 Å². The van der Waals surface area contributed by atoms with Crippen molar-refractivity contribution in [2.45, 2.75) is 40.0 Å². The fourth-order valence-electron chi connectivity index (χ4n) is 1.59. The molecule has 0 bridgehead atoms. The molecule has 0 spiro atoms. The third-order valence-electron chi connectivity index (χ3n) is 3.27. The molecule has 1 aromatic carbocycles. The molecule has 0 aromatic heterocycles. The smallest absolute Gasteiger partial charge is 0.387 e. The van der Waals surface area contributed by atoms with Gasteiger partial charge in [0.25, 0.3) is 0 Å². The van der Waals surface area contributed by atoms with Gasteiger partial charge in [0.1, 0.15) is 5.75 Å². The molecule has 0 aliphatic carbocycles. The summed E-state index contributed by atoms with van der Waals surface area (Å²) in [5, 5.41) is 2.90. The summed E-state index contributed by atoms with van der Waals surface area (Å²) in [4.78, 5) is 13.5. The van der Waals surface area contributed by atoms with E-state index in [1.807, 2.05) is 20.8 Å². The molecule has 6 heteroatoms. The van der Waals surface area contributed by atoms with Crippen molar-refractivity contribution in [1.82, 2.24) is 10.2 Å². The predicted octanol–water partition coefficient (Wildman–Crippen LogP) is 3.47. The minimum atomic E-state index is -2.83. The third-order valence-corrected chi connectivity index (χ3v) is 3.27. The maximum atomic E-state index is 12.0. The monoisotopic (exact) mass is 300 g/mol. The van der Waals surface area contributed by atoms with Crippen LogP contribution in [0.5, 0.6) is 5.75 Å². The molecule has 118 valence electrons. The molecule has 21 heavy (non-hydrogen) atoms. The molecule has 0 radical (unpaired) electrons. The molecule has 0 aliphatic rings. The van der Waals surface area contributed by atoms with Crippen LogP contribution in [-0.4, -0.2) is 30.6 Å². The van der Waals surface area contributed by atoms with Gasteiger partial charge in [-0.15, -0.1) is 0 Å². The molecular formula is C15H22F2N2O2. The van der Waals surface area contributed by atoms with E-state index in [0.29, 0.717) is 12.5 Å². The van der Waals surface area contributed by atoms with Gasteiger partial charge < -0.3 is 15.0 Å². The van der Waals surface area contributed by atoms with Crippen LogP contribution in [0.4, 0.5) is 13.6 Å². The van der Waals surface area contributed by atoms with Gasteiger partial charge in [-0.1, -0.05) is 26.0 Å². The lowest BCUT2D eigenvalue weighted by Crippen LogP contribution is -2.43. The Bertz CT molecular complexity index is 449. The molecule has 1 unspecified atom stereocenters. The number of amides is 2. The first kappa shape index (κ1) is 17.2. The van der Waals surface area contributed by atoms with Gasteiger partial charge in [0, 0.05) is 19.6 Å². The quantitative estimate of drug-likeness (QED) is 0.874. The zero-order valence-electron chi connectivity index (χ0n) is 12.8. The predicted molar refractivity (Wildman–Crippen MR) is 77.4 cm³/mol. The molecular weight excluding hydrogens is 278 g/mol. The van der Waals surface area contributed by atoms with E-state index in [2.05, 4.69) is 10.1 Å². The highest BCUT2D eigenvalue weighted by Crippen LogP contribution is 2.15. The van der Waals surface area contributed by atoms with Crippen LogP contribution in [0.15, 0.2) is 24.3 Å². The van der Waals surface area contributed by atoms with Crippen LogP contribution in [0.25, 0.3) is 0 Å². The van der Waals surface area contributed by atoms with E-state index in [-0.39, 0.29) is 17.8 Å². The molecule has 1 N–H and O–H groups in total. The van der Waals surface area contributed by atoms with Crippen molar-refractivity contribution in [2.75, 3.05) is 7.05 Å². The fraction of sp³-hybridized carbons (Fsp3) is 0.533. The van der Waals surface area contributed by atoms with Crippen molar-refractivity contribution < 1.29 is 18.3 Å². The molecule has 0 saturated heterocycles. The summed E-state index contributed by atoms with van der Waals surface area (Å²) in [6.07, 6.45) is 0. The Labute approximate surface area is 124 Å². The summed E-state index contributed by atoms with van der Waals surface area (Å²) < 4.78 is 28.4. The van der Waals surface area contributed by atoms with E-state index < -0.39 is 6.61 Å². The number of ether oxygens (including phenoxy) is 1. The average Bonchev–Trinajstić information content (AvgIpc) is 2.40. The summed E-state index contributed by atoms with van der Waals surface area (Å²) in [5.41, 5.74) is 0.839. The molecule has 0 saturated carbocycles. The summed E-state index contributed by atoms with van der Waals surface area (Å²) in [6, 6.07) is 6.17. The SMILES string of the molecule is CC(C)C(C)NC(=O)N(C)Cc1ccc(OC(F)F)cc1. The Balaban J connectivity index is 2.54.